The molecule has 0 N–H and O–H groups in total. The molecule has 0 bridgehead atoms. The first-order chi connectivity index (χ1) is 11.3. The Morgan fingerprint density at radius 2 is 2.17 bits per heavy atom. The molecule has 3 rings (SSSR count). The van der Waals surface area contributed by atoms with Crippen LogP contribution in [0.25, 0.3) is 0 Å². The normalized spacial score (nSPS) is 16.4. The van der Waals surface area contributed by atoms with E-state index in [1.165, 1.54) is 5.56 Å². The summed E-state index contributed by atoms with van der Waals surface area (Å²) >= 11 is 0. The predicted octanol–water partition coefficient (Wildman–Crippen LogP) is 3.64. The predicted molar refractivity (Wildman–Crippen MR) is 86.5 cm³/mol. The lowest BCUT2D eigenvalue weighted by Crippen LogP contribution is -2.36. The highest BCUT2D eigenvalue weighted by Gasteiger charge is 2.30. The van der Waals surface area contributed by atoms with Crippen molar-refractivity contribution in [1.82, 2.24) is 4.90 Å². The van der Waals surface area contributed by atoms with Gasteiger partial charge in [0.1, 0.15) is 5.76 Å². The van der Waals surface area contributed by atoms with E-state index in [0.29, 0.717) is 19.5 Å². The summed E-state index contributed by atoms with van der Waals surface area (Å²) in [5.41, 5.74) is 2.42. The van der Waals surface area contributed by atoms with Crippen LogP contribution in [-0.4, -0.2) is 17.4 Å². The van der Waals surface area contributed by atoms with Gasteiger partial charge in [0.2, 0.25) is 5.91 Å². The Morgan fingerprint density at radius 1 is 1.30 bits per heavy atom. The van der Waals surface area contributed by atoms with Crippen LogP contribution in [-0.2, 0) is 17.8 Å². The zero-order chi connectivity index (χ0) is 16.1. The first-order valence-corrected chi connectivity index (χ1v) is 8.05. The Balaban J connectivity index is 1.82. The Hall–Kier alpha value is -2.54. The van der Waals surface area contributed by atoms with E-state index in [1.54, 1.807) is 11.2 Å². The number of carbonyl (C=O) groups is 1. The summed E-state index contributed by atoms with van der Waals surface area (Å²) < 4.78 is 5.37. The van der Waals surface area contributed by atoms with Gasteiger partial charge in [-0.25, -0.2) is 0 Å². The fourth-order valence-corrected chi connectivity index (χ4v) is 3.27. The van der Waals surface area contributed by atoms with Crippen molar-refractivity contribution in [2.75, 3.05) is 6.54 Å². The molecule has 0 aliphatic heterocycles. The molecule has 0 unspecified atom stereocenters. The monoisotopic (exact) mass is 308 g/mol. The van der Waals surface area contributed by atoms with Gasteiger partial charge < -0.3 is 9.32 Å². The van der Waals surface area contributed by atoms with Crippen molar-refractivity contribution in [1.29, 1.82) is 5.26 Å². The third-order valence-electron chi connectivity index (χ3n) is 4.40. The Kier molecular flexibility index (Phi) is 4.77. The zero-order valence-corrected chi connectivity index (χ0v) is 13.1. The summed E-state index contributed by atoms with van der Waals surface area (Å²) in [4.78, 5) is 14.8. The van der Waals surface area contributed by atoms with Crippen molar-refractivity contribution >= 4 is 5.91 Å². The molecule has 1 amide bonds. The molecule has 1 aromatic carbocycles. The van der Waals surface area contributed by atoms with Gasteiger partial charge in [-0.05, 0) is 42.5 Å². The summed E-state index contributed by atoms with van der Waals surface area (Å²) in [7, 11) is 0. The lowest BCUT2D eigenvalue weighted by molar-refractivity contribution is -0.134. The molecular formula is C19H20N2O2. The Bertz CT molecular complexity index is 700. The lowest BCUT2D eigenvalue weighted by atomic mass is 9.82. The minimum absolute atomic E-state index is 0.101. The number of nitriles is 1. The Labute approximate surface area is 136 Å². The molecule has 23 heavy (non-hydrogen) atoms. The van der Waals surface area contributed by atoms with E-state index in [-0.39, 0.29) is 11.8 Å². The molecule has 1 atom stereocenters. The minimum Gasteiger partial charge on any atom is -0.467 e. The van der Waals surface area contributed by atoms with Crippen LogP contribution in [0.3, 0.4) is 0 Å². The zero-order valence-electron chi connectivity index (χ0n) is 13.1. The van der Waals surface area contributed by atoms with Crippen LogP contribution in [0.15, 0.2) is 47.1 Å². The fourth-order valence-electron chi connectivity index (χ4n) is 3.27. The van der Waals surface area contributed by atoms with Crippen LogP contribution in [0.2, 0.25) is 0 Å². The number of hydrogen-bond donors (Lipinski definition) is 0. The maximum atomic E-state index is 13.1. The number of rotatable bonds is 5. The quantitative estimate of drug-likeness (QED) is 0.847. The van der Waals surface area contributed by atoms with E-state index in [9.17, 15) is 4.79 Å². The van der Waals surface area contributed by atoms with Gasteiger partial charge in [-0.1, -0.05) is 24.3 Å². The molecule has 118 valence electrons. The van der Waals surface area contributed by atoms with E-state index < -0.39 is 0 Å². The second kappa shape index (κ2) is 7.15. The highest BCUT2D eigenvalue weighted by atomic mass is 16.3. The molecule has 1 heterocycles. The van der Waals surface area contributed by atoms with Crippen molar-refractivity contribution < 1.29 is 9.21 Å². The molecule has 1 aromatic heterocycles. The molecule has 4 heteroatoms. The number of carbonyl (C=O) groups excluding carboxylic acids is 1. The van der Waals surface area contributed by atoms with Gasteiger partial charge in [-0.15, -0.1) is 0 Å². The first-order valence-electron chi connectivity index (χ1n) is 8.05. The maximum absolute atomic E-state index is 13.1. The third kappa shape index (κ3) is 3.45. The third-order valence-corrected chi connectivity index (χ3v) is 4.40. The average Bonchev–Trinajstić information content (AvgIpc) is 3.10. The van der Waals surface area contributed by atoms with E-state index in [4.69, 9.17) is 9.68 Å². The summed E-state index contributed by atoms with van der Waals surface area (Å²) in [6, 6.07) is 14.0. The van der Waals surface area contributed by atoms with Crippen molar-refractivity contribution in [2.45, 2.75) is 38.1 Å². The van der Waals surface area contributed by atoms with Gasteiger partial charge >= 0.3 is 0 Å². The molecule has 0 spiro atoms. The summed E-state index contributed by atoms with van der Waals surface area (Å²) in [5, 5.41) is 8.88. The van der Waals surface area contributed by atoms with Gasteiger partial charge in [-0.2, -0.15) is 5.26 Å². The summed E-state index contributed by atoms with van der Waals surface area (Å²) in [5.74, 6) is 0.748. The van der Waals surface area contributed by atoms with Crippen molar-refractivity contribution in [3.63, 3.8) is 0 Å². The highest BCUT2D eigenvalue weighted by Crippen LogP contribution is 2.33. The van der Waals surface area contributed by atoms with Crippen LogP contribution in [0.4, 0.5) is 0 Å². The lowest BCUT2D eigenvalue weighted by Gasteiger charge is -2.30. The average molecular weight is 308 g/mol. The number of amides is 1. The second-order valence-electron chi connectivity index (χ2n) is 5.89. The molecule has 0 saturated heterocycles. The second-order valence-corrected chi connectivity index (χ2v) is 5.89. The number of hydrogen-bond acceptors (Lipinski definition) is 3. The maximum Gasteiger partial charge on any atom is 0.230 e. The molecule has 0 fully saturated rings. The number of furan rings is 1. The van der Waals surface area contributed by atoms with Crippen molar-refractivity contribution in [3.8, 4) is 6.07 Å². The van der Waals surface area contributed by atoms with E-state index in [1.807, 2.05) is 24.3 Å². The van der Waals surface area contributed by atoms with Gasteiger partial charge in [-0.3, -0.25) is 4.79 Å². The number of fused-ring (bicyclic) bond motifs is 1. The molecule has 1 aliphatic rings. The Morgan fingerprint density at radius 3 is 2.96 bits per heavy atom. The van der Waals surface area contributed by atoms with Crippen LogP contribution in [0.5, 0.6) is 0 Å². The van der Waals surface area contributed by atoms with E-state index >= 15 is 0 Å². The van der Waals surface area contributed by atoms with Crippen LogP contribution in [0, 0.1) is 11.3 Å². The molecular weight excluding hydrogens is 288 g/mol. The van der Waals surface area contributed by atoms with Gasteiger partial charge in [0.15, 0.2) is 0 Å². The SMILES string of the molecule is N#CCCN(Cc1ccco1)C(=O)[C@H]1CCCc2ccccc21. The number of benzene rings is 1. The summed E-state index contributed by atoms with van der Waals surface area (Å²) in [6.07, 6.45) is 4.88. The fraction of sp³-hybridized carbons (Fsp3) is 0.368. The number of nitrogens with zero attached hydrogens (tertiary/aromatic N) is 2. The van der Waals surface area contributed by atoms with Crippen molar-refractivity contribution in [2.24, 2.45) is 0 Å². The first kappa shape index (κ1) is 15.4. The smallest absolute Gasteiger partial charge is 0.230 e. The van der Waals surface area contributed by atoms with Crippen molar-refractivity contribution in [3.05, 3.63) is 59.5 Å². The van der Waals surface area contributed by atoms with Gasteiger partial charge in [0, 0.05) is 6.54 Å². The minimum atomic E-state index is -0.103. The van der Waals surface area contributed by atoms with Gasteiger partial charge in [0.05, 0.1) is 31.2 Å². The largest absolute Gasteiger partial charge is 0.467 e. The van der Waals surface area contributed by atoms with E-state index in [0.717, 1.165) is 30.6 Å². The molecule has 4 nitrogen and oxygen atoms in total. The van der Waals surface area contributed by atoms with E-state index in [2.05, 4.69) is 18.2 Å². The van der Waals surface area contributed by atoms with Crippen LogP contribution >= 0.6 is 0 Å². The highest BCUT2D eigenvalue weighted by molar-refractivity contribution is 5.84. The molecule has 1 aliphatic carbocycles. The number of aryl methyl sites for hydroxylation is 1. The topological polar surface area (TPSA) is 57.2 Å². The summed E-state index contributed by atoms with van der Waals surface area (Å²) in [6.45, 7) is 0.862. The molecule has 0 saturated carbocycles. The van der Waals surface area contributed by atoms with Gasteiger partial charge in [0.25, 0.3) is 0 Å². The standard InChI is InChI=1S/C19H20N2O2/c20-11-5-12-21(14-16-8-4-13-23-16)19(22)18-10-3-7-15-6-1-2-9-17(15)18/h1-2,4,6,8-9,13,18H,3,5,7,10,12,14H2/t18-/m0/s1. The molecule has 0 radical (unpaired) electrons. The van der Waals surface area contributed by atoms with Crippen LogP contribution < -0.4 is 0 Å². The molecule has 2 aromatic rings. The van der Waals surface area contributed by atoms with Crippen LogP contribution in [0.1, 0.15) is 42.1 Å².